The molecule has 0 spiro atoms. The molecule has 0 aliphatic carbocycles. The summed E-state index contributed by atoms with van der Waals surface area (Å²) in [6.45, 7) is 11.1. The molecular weight excluding hydrogens is 436 g/mol. The third-order valence-corrected chi connectivity index (χ3v) is 7.45. The van der Waals surface area contributed by atoms with Crippen molar-refractivity contribution in [1.29, 1.82) is 0 Å². The van der Waals surface area contributed by atoms with Gasteiger partial charge in [-0.25, -0.2) is 4.98 Å². The molecular formula is C29H36N4O2. The molecule has 0 radical (unpaired) electrons. The zero-order valence-electron chi connectivity index (χ0n) is 21.5. The number of H-pyrrole nitrogens is 1. The van der Waals surface area contributed by atoms with E-state index in [1.165, 1.54) is 16.5 Å². The van der Waals surface area contributed by atoms with E-state index in [-0.39, 0.29) is 0 Å². The number of carbonyl (C=O) groups is 1. The van der Waals surface area contributed by atoms with Crippen LogP contribution in [0.25, 0.3) is 27.8 Å². The van der Waals surface area contributed by atoms with E-state index >= 15 is 0 Å². The molecule has 0 atom stereocenters. The van der Waals surface area contributed by atoms with Crippen LogP contribution < -0.4 is 4.74 Å². The molecule has 6 heteroatoms. The lowest BCUT2D eigenvalue weighted by Crippen LogP contribution is -2.36. The molecule has 0 bridgehead atoms. The lowest BCUT2D eigenvalue weighted by Gasteiger charge is -2.31. The zero-order chi connectivity index (χ0) is 24.7. The number of hydrogen-bond acceptors (Lipinski definition) is 4. The Morgan fingerprint density at radius 2 is 1.97 bits per heavy atom. The summed E-state index contributed by atoms with van der Waals surface area (Å²) in [4.78, 5) is 22.6. The van der Waals surface area contributed by atoms with Crippen molar-refractivity contribution in [2.75, 3.05) is 26.7 Å². The van der Waals surface area contributed by atoms with Crippen molar-refractivity contribution in [1.82, 2.24) is 19.3 Å². The first-order valence-electron chi connectivity index (χ1n) is 12.8. The number of aryl methyl sites for hydroxylation is 1. The SMILES string of the molecule is CCC(=O)CN1CCC(c2ccc3[nH]c(-c4cc(OC)n5cc(C)nc5c4)c(C(C)C)c3c2)CC1. The average Bonchev–Trinajstić information content (AvgIpc) is 3.43. The second kappa shape index (κ2) is 9.50. The van der Waals surface area contributed by atoms with E-state index in [2.05, 4.69) is 59.0 Å². The van der Waals surface area contributed by atoms with Crippen molar-refractivity contribution >= 4 is 22.3 Å². The molecule has 4 aromatic rings. The van der Waals surface area contributed by atoms with Crippen LogP contribution in [0.5, 0.6) is 5.88 Å². The number of carbonyl (C=O) groups excluding carboxylic acids is 1. The topological polar surface area (TPSA) is 62.6 Å². The molecule has 4 heterocycles. The molecule has 184 valence electrons. The van der Waals surface area contributed by atoms with Crippen molar-refractivity contribution in [2.45, 2.75) is 58.8 Å². The van der Waals surface area contributed by atoms with Crippen molar-refractivity contribution in [3.63, 3.8) is 0 Å². The third kappa shape index (κ3) is 4.47. The molecule has 3 aromatic heterocycles. The number of likely N-dealkylation sites (tertiary alicyclic amines) is 1. The number of aromatic amines is 1. The van der Waals surface area contributed by atoms with E-state index in [1.807, 2.05) is 24.4 Å². The van der Waals surface area contributed by atoms with Crippen molar-refractivity contribution in [3.05, 3.63) is 53.3 Å². The Morgan fingerprint density at radius 1 is 1.20 bits per heavy atom. The summed E-state index contributed by atoms with van der Waals surface area (Å²) in [6, 6.07) is 11.2. The number of ether oxygens (including phenoxy) is 1. The molecule has 0 unspecified atom stereocenters. The maximum absolute atomic E-state index is 11.9. The van der Waals surface area contributed by atoms with E-state index in [0.29, 0.717) is 30.6 Å². The van der Waals surface area contributed by atoms with Crippen LogP contribution >= 0.6 is 0 Å². The van der Waals surface area contributed by atoms with Gasteiger partial charge in [-0.05, 0) is 74.0 Å². The molecule has 1 aromatic carbocycles. The summed E-state index contributed by atoms with van der Waals surface area (Å²) >= 11 is 0. The summed E-state index contributed by atoms with van der Waals surface area (Å²) in [5, 5.41) is 1.30. The van der Waals surface area contributed by atoms with E-state index in [4.69, 9.17) is 4.74 Å². The Bertz CT molecular complexity index is 1370. The molecule has 0 saturated carbocycles. The highest BCUT2D eigenvalue weighted by molar-refractivity contribution is 5.92. The Morgan fingerprint density at radius 3 is 2.66 bits per heavy atom. The number of hydrogen-bond donors (Lipinski definition) is 1. The molecule has 5 rings (SSSR count). The first kappa shape index (κ1) is 23.6. The van der Waals surface area contributed by atoms with Crippen LogP contribution in [0, 0.1) is 6.92 Å². The van der Waals surface area contributed by atoms with Gasteiger partial charge in [0, 0.05) is 35.2 Å². The highest BCUT2D eigenvalue weighted by Crippen LogP contribution is 2.39. The van der Waals surface area contributed by atoms with E-state index < -0.39 is 0 Å². The van der Waals surface area contributed by atoms with E-state index in [1.54, 1.807) is 7.11 Å². The quantitative estimate of drug-likeness (QED) is 0.354. The standard InChI is InChI=1S/C29H36N4O2/c1-6-23(34)17-32-11-9-20(10-12-32)21-7-8-25-24(13-21)28(18(2)3)29(31-25)22-14-26-30-19(4)16-33(26)27(15-22)35-5/h7-8,13-16,18,20,31H,6,9-12,17H2,1-5H3. The summed E-state index contributed by atoms with van der Waals surface area (Å²) in [6.07, 6.45) is 4.83. The number of methoxy groups -OCH3 is 1. The van der Waals surface area contributed by atoms with Gasteiger partial charge in [-0.15, -0.1) is 0 Å². The van der Waals surface area contributed by atoms with Gasteiger partial charge in [-0.2, -0.15) is 0 Å². The second-order valence-corrected chi connectivity index (χ2v) is 10.2. The average molecular weight is 473 g/mol. The van der Waals surface area contributed by atoms with Crippen LogP contribution in [0.3, 0.4) is 0 Å². The molecule has 1 aliphatic heterocycles. The van der Waals surface area contributed by atoms with Gasteiger partial charge in [0.05, 0.1) is 25.0 Å². The number of nitrogens with one attached hydrogen (secondary N) is 1. The van der Waals surface area contributed by atoms with Crippen LogP contribution in [0.4, 0.5) is 0 Å². The first-order valence-corrected chi connectivity index (χ1v) is 12.8. The molecule has 0 amide bonds. The number of pyridine rings is 1. The highest BCUT2D eigenvalue weighted by atomic mass is 16.5. The van der Waals surface area contributed by atoms with Crippen LogP contribution in [-0.2, 0) is 4.79 Å². The molecule has 1 saturated heterocycles. The fraction of sp³-hybridized carbons (Fsp3) is 0.448. The summed E-state index contributed by atoms with van der Waals surface area (Å²) < 4.78 is 7.69. The Labute approximate surface area is 207 Å². The summed E-state index contributed by atoms with van der Waals surface area (Å²) in [5.41, 5.74) is 7.99. The summed E-state index contributed by atoms with van der Waals surface area (Å²) in [7, 11) is 1.71. The number of imidazole rings is 1. The Balaban J connectivity index is 1.51. The number of piperidine rings is 1. The van der Waals surface area contributed by atoms with Gasteiger partial charge in [-0.1, -0.05) is 26.8 Å². The number of ketones is 1. The van der Waals surface area contributed by atoms with Crippen molar-refractivity contribution in [3.8, 4) is 17.1 Å². The maximum Gasteiger partial charge on any atom is 0.199 e. The number of rotatable bonds is 7. The number of nitrogens with zero attached hydrogens (tertiary/aromatic N) is 3. The Hall–Kier alpha value is -3.12. The molecule has 1 aliphatic rings. The number of Topliss-reactive ketones (excluding diaryl/α,β-unsaturated/α-hetero) is 1. The minimum absolute atomic E-state index is 0.339. The number of aromatic nitrogens is 3. The monoisotopic (exact) mass is 472 g/mol. The minimum Gasteiger partial charge on any atom is -0.482 e. The lowest BCUT2D eigenvalue weighted by atomic mass is 9.87. The summed E-state index contributed by atoms with van der Waals surface area (Å²) in [5.74, 6) is 2.02. The van der Waals surface area contributed by atoms with Crippen LogP contribution in [0.1, 0.15) is 68.7 Å². The maximum atomic E-state index is 11.9. The van der Waals surface area contributed by atoms with E-state index in [0.717, 1.165) is 59.9 Å². The van der Waals surface area contributed by atoms with Crippen LogP contribution in [0.15, 0.2) is 36.5 Å². The fourth-order valence-electron chi connectivity index (χ4n) is 5.58. The zero-order valence-corrected chi connectivity index (χ0v) is 21.5. The molecule has 1 fully saturated rings. The molecule has 1 N–H and O–H groups in total. The normalized spacial score (nSPS) is 15.5. The smallest absolute Gasteiger partial charge is 0.199 e. The van der Waals surface area contributed by atoms with Crippen molar-refractivity contribution in [2.24, 2.45) is 0 Å². The van der Waals surface area contributed by atoms with Gasteiger partial charge in [0.1, 0.15) is 11.4 Å². The van der Waals surface area contributed by atoms with Crippen LogP contribution in [-0.4, -0.2) is 51.8 Å². The Kier molecular flexibility index (Phi) is 6.41. The van der Waals surface area contributed by atoms with Gasteiger partial charge in [0.25, 0.3) is 0 Å². The predicted octanol–water partition coefficient (Wildman–Crippen LogP) is 6.08. The first-order chi connectivity index (χ1) is 16.9. The fourth-order valence-corrected chi connectivity index (χ4v) is 5.58. The van der Waals surface area contributed by atoms with Crippen LogP contribution in [0.2, 0.25) is 0 Å². The third-order valence-electron chi connectivity index (χ3n) is 7.45. The van der Waals surface area contributed by atoms with Gasteiger partial charge >= 0.3 is 0 Å². The number of fused-ring (bicyclic) bond motifs is 2. The molecule has 35 heavy (non-hydrogen) atoms. The minimum atomic E-state index is 0.339. The second-order valence-electron chi connectivity index (χ2n) is 10.2. The molecule has 6 nitrogen and oxygen atoms in total. The van der Waals surface area contributed by atoms with E-state index in [9.17, 15) is 4.79 Å². The highest BCUT2D eigenvalue weighted by Gasteiger charge is 2.24. The van der Waals surface area contributed by atoms with Gasteiger partial charge in [0.2, 0.25) is 0 Å². The number of benzene rings is 1. The predicted molar refractivity (Wildman–Crippen MR) is 142 cm³/mol. The largest absolute Gasteiger partial charge is 0.482 e. The lowest BCUT2D eigenvalue weighted by molar-refractivity contribution is -0.120. The van der Waals surface area contributed by atoms with Crippen molar-refractivity contribution < 1.29 is 9.53 Å². The van der Waals surface area contributed by atoms with Gasteiger partial charge < -0.3 is 9.72 Å². The van der Waals surface area contributed by atoms with Gasteiger partial charge in [-0.3, -0.25) is 14.1 Å². The van der Waals surface area contributed by atoms with Gasteiger partial charge in [0.15, 0.2) is 5.88 Å².